The van der Waals surface area contributed by atoms with Crippen LogP contribution in [0.3, 0.4) is 0 Å². The van der Waals surface area contributed by atoms with Gasteiger partial charge in [0.15, 0.2) is 5.75 Å². The summed E-state index contributed by atoms with van der Waals surface area (Å²) in [5.74, 6) is 0.430. The van der Waals surface area contributed by atoms with Gasteiger partial charge in [-0.3, -0.25) is 14.4 Å². The highest BCUT2D eigenvalue weighted by molar-refractivity contribution is 7.99. The van der Waals surface area contributed by atoms with Gasteiger partial charge in [0.2, 0.25) is 10.9 Å². The third-order valence-corrected chi connectivity index (χ3v) is 13.2. The van der Waals surface area contributed by atoms with Crippen molar-refractivity contribution >= 4 is 95.5 Å². The van der Waals surface area contributed by atoms with E-state index in [1.807, 2.05) is 13.0 Å². The lowest BCUT2D eigenvalue weighted by Gasteiger charge is -2.30. The number of anilines is 3. The second-order valence-electron chi connectivity index (χ2n) is 14.0. The van der Waals surface area contributed by atoms with Gasteiger partial charge in [0.1, 0.15) is 5.78 Å². The zero-order valence-electron chi connectivity index (χ0n) is 31.6. The van der Waals surface area contributed by atoms with Gasteiger partial charge >= 0.3 is 0 Å². The molecular weight excluding hydrogens is 759 g/mol. The largest absolute Gasteiger partial charge is 0.492 e. The van der Waals surface area contributed by atoms with E-state index in [9.17, 15) is 19.8 Å². The Morgan fingerprint density at radius 2 is 1.32 bits per heavy atom. The number of aliphatic hydroxyl groups is 3. The van der Waals surface area contributed by atoms with E-state index in [4.69, 9.17) is 24.1 Å². The lowest BCUT2D eigenvalue weighted by atomic mass is 9.79. The van der Waals surface area contributed by atoms with Crippen LogP contribution in [0.2, 0.25) is 0 Å². The van der Waals surface area contributed by atoms with Gasteiger partial charge in [0.25, 0.3) is 0 Å². The Bertz CT molecular complexity index is 2530. The quantitative estimate of drug-likeness (QED) is 0.0466. The maximum atomic E-state index is 15.2. The molecule has 0 aromatic heterocycles. The molecule has 0 radical (unpaired) electrons. The summed E-state index contributed by atoms with van der Waals surface area (Å²) in [7, 11) is 1.45. The normalized spacial score (nSPS) is 16.2. The molecule has 0 spiro atoms. The van der Waals surface area contributed by atoms with Crippen LogP contribution < -0.4 is 31.5 Å². The van der Waals surface area contributed by atoms with Crippen LogP contribution in [-0.2, 0) is 32.2 Å². The molecule has 2 aliphatic heterocycles. The number of carbonyl (C=O) groups is 1. The Morgan fingerprint density at radius 1 is 0.768 bits per heavy atom. The summed E-state index contributed by atoms with van der Waals surface area (Å²) in [5.41, 5.74) is 3.85. The summed E-state index contributed by atoms with van der Waals surface area (Å²) in [6, 6.07) is 0. The van der Waals surface area contributed by atoms with Crippen molar-refractivity contribution in [1.29, 1.82) is 0 Å². The van der Waals surface area contributed by atoms with E-state index in [0.29, 0.717) is 139 Å². The molecular formula is C41H45N3O10S2. The summed E-state index contributed by atoms with van der Waals surface area (Å²) in [6.07, 6.45) is 1.88. The highest BCUT2D eigenvalue weighted by atomic mass is 32.2. The Balaban J connectivity index is 1.45. The van der Waals surface area contributed by atoms with Gasteiger partial charge in [0, 0.05) is 79.3 Å². The number of thioether (sulfide) groups is 2. The second-order valence-corrected chi connectivity index (χ2v) is 16.3. The molecule has 3 aliphatic rings. The molecule has 1 unspecified atom stereocenters. The SMILES string of the molecule is COc1c2c3c4c(c(NCCOCCOCCOCCO)c(=O)c5c6c(c(CO)c(c7c(CO)c8c(c(c1=O)c73)NCCS8)c54)SCCN6)C=C(C)C2C(C)=O. The molecule has 0 bridgehead atoms. The molecule has 13 nitrogen and oxygen atoms in total. The molecule has 2 heterocycles. The predicted octanol–water partition coefficient (Wildman–Crippen LogP) is 4.47. The minimum Gasteiger partial charge on any atom is -0.492 e. The number of aliphatic hydroxyl groups excluding tert-OH is 3. The molecule has 1 aliphatic carbocycles. The van der Waals surface area contributed by atoms with Gasteiger partial charge in [0.05, 0.1) is 100 Å². The Kier molecular flexibility index (Phi) is 11.2. The van der Waals surface area contributed by atoms with Gasteiger partial charge in [-0.05, 0) is 30.0 Å². The van der Waals surface area contributed by atoms with Gasteiger partial charge in [-0.15, -0.1) is 23.5 Å². The highest BCUT2D eigenvalue weighted by Gasteiger charge is 2.38. The van der Waals surface area contributed by atoms with Crippen LogP contribution in [0, 0.1) is 0 Å². The van der Waals surface area contributed by atoms with Crippen molar-refractivity contribution in [3.05, 3.63) is 48.3 Å². The van der Waals surface area contributed by atoms with Crippen molar-refractivity contribution in [1.82, 2.24) is 0 Å². The second kappa shape index (κ2) is 16.1. The number of carbonyl (C=O) groups excluding carboxylic acids is 1. The maximum absolute atomic E-state index is 15.2. The first-order chi connectivity index (χ1) is 27.3. The molecule has 15 heteroatoms. The average Bonchev–Trinajstić information content (AvgIpc) is 3.33. The molecule has 0 amide bonds. The number of ketones is 1. The Labute approximate surface area is 330 Å². The molecule has 5 aromatic rings. The molecule has 8 rings (SSSR count). The number of hydrogen-bond donors (Lipinski definition) is 6. The van der Waals surface area contributed by atoms with Crippen LogP contribution in [0.5, 0.6) is 5.75 Å². The number of allylic oxidation sites excluding steroid dienone is 1. The number of Topliss-reactive ketones (excluding diaryl/α,β-unsaturated/α-hetero) is 1. The van der Waals surface area contributed by atoms with Crippen molar-refractivity contribution in [2.45, 2.75) is 42.8 Å². The van der Waals surface area contributed by atoms with Crippen LogP contribution in [0.25, 0.3) is 49.2 Å². The first-order valence-corrected chi connectivity index (χ1v) is 20.8. The number of rotatable bonds is 16. The summed E-state index contributed by atoms with van der Waals surface area (Å²) in [6.45, 7) is 6.04. The molecule has 6 N–H and O–H groups in total. The maximum Gasteiger partial charge on any atom is 0.230 e. The summed E-state index contributed by atoms with van der Waals surface area (Å²) in [4.78, 5) is 45.5. The minimum atomic E-state index is -0.867. The van der Waals surface area contributed by atoms with Crippen LogP contribution in [-0.4, -0.2) is 106 Å². The smallest absolute Gasteiger partial charge is 0.230 e. The Morgan fingerprint density at radius 3 is 1.88 bits per heavy atom. The zero-order chi connectivity index (χ0) is 39.2. The highest BCUT2D eigenvalue weighted by Crippen LogP contribution is 2.57. The fourth-order valence-electron chi connectivity index (χ4n) is 8.90. The summed E-state index contributed by atoms with van der Waals surface area (Å²) < 4.78 is 22.6. The lowest BCUT2D eigenvalue weighted by molar-refractivity contribution is -0.117. The summed E-state index contributed by atoms with van der Waals surface area (Å²) in [5, 5.41) is 46.3. The van der Waals surface area contributed by atoms with E-state index < -0.39 is 5.92 Å². The third kappa shape index (κ3) is 6.06. The van der Waals surface area contributed by atoms with E-state index in [0.717, 1.165) is 9.79 Å². The minimum absolute atomic E-state index is 0.0420. The fraction of sp³-hybridized carbons (Fsp3) is 0.439. The van der Waals surface area contributed by atoms with Crippen LogP contribution in [0.1, 0.15) is 42.0 Å². The number of ether oxygens (including phenoxy) is 4. The number of hydrogen-bond acceptors (Lipinski definition) is 15. The Hall–Kier alpha value is -3.93. The van der Waals surface area contributed by atoms with Crippen LogP contribution in [0.4, 0.5) is 17.1 Å². The summed E-state index contributed by atoms with van der Waals surface area (Å²) >= 11 is 3.12. The molecule has 0 saturated heterocycles. The van der Waals surface area contributed by atoms with Crippen LogP contribution >= 0.6 is 23.5 Å². The van der Waals surface area contributed by atoms with Crippen molar-refractivity contribution < 1.29 is 39.1 Å². The third-order valence-electron chi connectivity index (χ3n) is 10.9. The van der Waals surface area contributed by atoms with E-state index >= 15 is 4.79 Å². The molecule has 0 saturated carbocycles. The lowest BCUT2D eigenvalue weighted by Crippen LogP contribution is -2.22. The predicted molar refractivity (Wildman–Crippen MR) is 223 cm³/mol. The first-order valence-electron chi connectivity index (χ1n) is 18.9. The van der Waals surface area contributed by atoms with E-state index in [1.165, 1.54) is 14.0 Å². The number of benzene rings is 5. The van der Waals surface area contributed by atoms with E-state index in [2.05, 4.69) is 16.0 Å². The standard InChI is InChI=1S/C41H45N3O10S2/c1-19-16-21-25-28-26(27-23(18-47)41-36(44-6-15-56-41)33-30(27)29(25)31(24(19)20(2)48)39(51-3)38(33)50)22(17-46)40-35(43-5-14-55-40)32(28)37(49)34(21)42-4-8-52-10-12-54-13-11-53-9-7-45/h16,24,42-47H,4-15,17-18H2,1-3H3. The molecule has 56 heavy (non-hydrogen) atoms. The molecule has 0 fully saturated rings. The topological polar surface area (TPSA) is 185 Å². The van der Waals surface area contributed by atoms with Gasteiger partial charge in [-0.1, -0.05) is 11.6 Å². The molecule has 5 aromatic carbocycles. The van der Waals surface area contributed by atoms with Gasteiger partial charge in [-0.2, -0.15) is 0 Å². The van der Waals surface area contributed by atoms with E-state index in [-0.39, 0.29) is 62.0 Å². The number of fused-ring (bicyclic) bond motifs is 5. The monoisotopic (exact) mass is 803 g/mol. The first kappa shape index (κ1) is 38.9. The number of methoxy groups -OCH3 is 1. The van der Waals surface area contributed by atoms with Crippen molar-refractivity contribution in [2.24, 2.45) is 0 Å². The zero-order valence-corrected chi connectivity index (χ0v) is 33.2. The van der Waals surface area contributed by atoms with Crippen LogP contribution in [0.15, 0.2) is 25.0 Å². The van der Waals surface area contributed by atoms with Crippen molar-refractivity contribution in [3.8, 4) is 5.75 Å². The van der Waals surface area contributed by atoms with Gasteiger partial charge < -0.3 is 50.2 Å². The average molecular weight is 804 g/mol. The van der Waals surface area contributed by atoms with Gasteiger partial charge in [-0.25, -0.2) is 0 Å². The number of nitrogens with one attached hydrogen (secondary N) is 3. The van der Waals surface area contributed by atoms with E-state index in [1.54, 1.807) is 23.5 Å². The fourth-order valence-corrected chi connectivity index (χ4v) is 11.0. The van der Waals surface area contributed by atoms with Crippen molar-refractivity contribution in [3.63, 3.8) is 0 Å². The molecule has 1 atom stereocenters. The van der Waals surface area contributed by atoms with Crippen molar-refractivity contribution in [2.75, 3.05) is 100 Å². The molecule has 296 valence electrons.